The number of aryl methyl sites for hydroxylation is 1. The number of rotatable bonds is 9. The van der Waals surface area contributed by atoms with Crippen LogP contribution in [-0.4, -0.2) is 46.3 Å². The van der Waals surface area contributed by atoms with Crippen LogP contribution in [0, 0.1) is 0 Å². The second-order valence-corrected chi connectivity index (χ2v) is 8.15. The second kappa shape index (κ2) is 10.4. The molecule has 0 fully saturated rings. The first-order valence-corrected chi connectivity index (χ1v) is 10.9. The van der Waals surface area contributed by atoms with Crippen molar-refractivity contribution in [3.05, 3.63) is 39.8 Å². The molecule has 30 heavy (non-hydrogen) atoms. The Morgan fingerprint density at radius 1 is 1.03 bits per heavy atom. The molecule has 1 aromatic carbocycles. The van der Waals surface area contributed by atoms with Crippen molar-refractivity contribution < 1.29 is 23.8 Å². The van der Waals surface area contributed by atoms with E-state index in [0.29, 0.717) is 40.8 Å². The first-order valence-electron chi connectivity index (χ1n) is 10.0. The molecule has 0 saturated heterocycles. The van der Waals surface area contributed by atoms with Gasteiger partial charge < -0.3 is 24.8 Å². The summed E-state index contributed by atoms with van der Waals surface area (Å²) in [5.41, 5.74) is 2.10. The monoisotopic (exact) mass is 432 g/mol. The maximum Gasteiger partial charge on any atom is 0.256 e. The van der Waals surface area contributed by atoms with Gasteiger partial charge in [-0.25, -0.2) is 0 Å². The third kappa shape index (κ3) is 4.94. The zero-order valence-electron chi connectivity index (χ0n) is 17.6. The lowest BCUT2D eigenvalue weighted by Crippen LogP contribution is -2.27. The van der Waals surface area contributed by atoms with E-state index in [4.69, 9.17) is 14.2 Å². The fraction of sp³-hybridized carbons (Fsp3) is 0.455. The van der Waals surface area contributed by atoms with E-state index < -0.39 is 0 Å². The molecule has 0 bridgehead atoms. The Morgan fingerprint density at radius 3 is 2.53 bits per heavy atom. The average Bonchev–Trinajstić information content (AvgIpc) is 3.13. The highest BCUT2D eigenvalue weighted by atomic mass is 32.1. The quantitative estimate of drug-likeness (QED) is 0.591. The summed E-state index contributed by atoms with van der Waals surface area (Å²) in [5, 5.41) is 6.51. The molecule has 0 radical (unpaired) electrons. The van der Waals surface area contributed by atoms with Gasteiger partial charge in [-0.1, -0.05) is 0 Å². The van der Waals surface area contributed by atoms with Gasteiger partial charge >= 0.3 is 0 Å². The van der Waals surface area contributed by atoms with E-state index in [2.05, 4.69) is 10.6 Å². The number of fused-ring (bicyclic) bond motifs is 1. The molecule has 2 N–H and O–H groups in total. The minimum Gasteiger partial charge on any atom is -0.493 e. The van der Waals surface area contributed by atoms with Gasteiger partial charge in [0, 0.05) is 30.7 Å². The second-order valence-electron chi connectivity index (χ2n) is 7.04. The molecule has 7 nitrogen and oxygen atoms in total. The van der Waals surface area contributed by atoms with Gasteiger partial charge in [-0.3, -0.25) is 9.59 Å². The molecule has 0 unspecified atom stereocenters. The molecule has 1 aliphatic rings. The van der Waals surface area contributed by atoms with Crippen molar-refractivity contribution in [1.29, 1.82) is 0 Å². The Bertz CT molecular complexity index is 909. The van der Waals surface area contributed by atoms with E-state index in [1.54, 1.807) is 32.4 Å². The Labute approximate surface area is 180 Å². The van der Waals surface area contributed by atoms with Gasteiger partial charge in [0.05, 0.1) is 19.8 Å². The number of thiophene rings is 1. The number of hydrogen-bond acceptors (Lipinski definition) is 6. The molecule has 2 amide bonds. The largest absolute Gasteiger partial charge is 0.493 e. The molecule has 162 valence electrons. The van der Waals surface area contributed by atoms with Crippen molar-refractivity contribution >= 4 is 28.2 Å². The first-order chi connectivity index (χ1) is 14.6. The van der Waals surface area contributed by atoms with Gasteiger partial charge in [0.25, 0.3) is 11.8 Å². The summed E-state index contributed by atoms with van der Waals surface area (Å²) < 4.78 is 15.6. The molecule has 0 aliphatic heterocycles. The zero-order valence-corrected chi connectivity index (χ0v) is 18.4. The third-order valence-corrected chi connectivity index (χ3v) is 6.29. The number of nitrogens with one attached hydrogen (secondary N) is 2. The van der Waals surface area contributed by atoms with Crippen molar-refractivity contribution in [2.45, 2.75) is 32.1 Å². The van der Waals surface area contributed by atoms with Crippen molar-refractivity contribution in [2.24, 2.45) is 0 Å². The summed E-state index contributed by atoms with van der Waals surface area (Å²) in [6, 6.07) is 5.00. The molecule has 1 aromatic heterocycles. The predicted molar refractivity (Wildman–Crippen MR) is 117 cm³/mol. The van der Waals surface area contributed by atoms with Crippen molar-refractivity contribution in [1.82, 2.24) is 5.32 Å². The van der Waals surface area contributed by atoms with Crippen LogP contribution in [0.1, 0.15) is 50.4 Å². The van der Waals surface area contributed by atoms with E-state index in [1.165, 1.54) is 23.3 Å². The first kappa shape index (κ1) is 22.1. The number of carbonyl (C=O) groups excluding carboxylic acids is 2. The van der Waals surface area contributed by atoms with Crippen LogP contribution >= 0.6 is 11.3 Å². The molecular formula is C22H28N2O5S. The Balaban J connectivity index is 1.83. The van der Waals surface area contributed by atoms with E-state index in [0.717, 1.165) is 37.7 Å². The maximum absolute atomic E-state index is 12.9. The smallest absolute Gasteiger partial charge is 0.256 e. The summed E-state index contributed by atoms with van der Waals surface area (Å²) in [7, 11) is 4.71. The summed E-state index contributed by atoms with van der Waals surface area (Å²) in [6.45, 7) is 1.12. The number of methoxy groups -OCH3 is 3. The van der Waals surface area contributed by atoms with Crippen LogP contribution < -0.4 is 20.1 Å². The summed E-state index contributed by atoms with van der Waals surface area (Å²) in [4.78, 5) is 27.0. The van der Waals surface area contributed by atoms with Gasteiger partial charge in [0.1, 0.15) is 5.00 Å². The summed E-state index contributed by atoms with van der Waals surface area (Å²) >= 11 is 1.50. The molecule has 3 rings (SSSR count). The zero-order chi connectivity index (χ0) is 21.5. The standard InChI is InChI=1S/C22H28N2O5S/c1-27-12-6-11-23-21(26)19-15-7-4-5-8-18(15)30-22(19)24-20(25)14-9-10-16(28-2)17(13-14)29-3/h9-10,13H,4-8,11-12H2,1-3H3,(H,23,26)(H,24,25). The fourth-order valence-corrected chi connectivity index (χ4v) is 4.84. The Hall–Kier alpha value is -2.58. The number of benzene rings is 1. The molecule has 0 spiro atoms. The van der Waals surface area contributed by atoms with Crippen molar-refractivity contribution in [3.63, 3.8) is 0 Å². The number of hydrogen-bond donors (Lipinski definition) is 2. The van der Waals surface area contributed by atoms with Gasteiger partial charge in [-0.2, -0.15) is 0 Å². The molecule has 1 aliphatic carbocycles. The minimum atomic E-state index is -0.289. The predicted octanol–water partition coefficient (Wildman–Crippen LogP) is 3.66. The van der Waals surface area contributed by atoms with Gasteiger partial charge in [0.2, 0.25) is 0 Å². The lowest BCUT2D eigenvalue weighted by atomic mass is 9.95. The Kier molecular flexibility index (Phi) is 7.70. The van der Waals surface area contributed by atoms with Gasteiger partial charge in [0.15, 0.2) is 11.5 Å². The number of anilines is 1. The molecule has 8 heteroatoms. The van der Waals surface area contributed by atoms with E-state index in [1.807, 2.05) is 0 Å². The van der Waals surface area contributed by atoms with Crippen LogP contribution in [0.2, 0.25) is 0 Å². The van der Waals surface area contributed by atoms with E-state index >= 15 is 0 Å². The number of carbonyl (C=O) groups is 2. The van der Waals surface area contributed by atoms with Gasteiger partial charge in [-0.15, -0.1) is 11.3 Å². The average molecular weight is 433 g/mol. The molecule has 0 saturated carbocycles. The summed E-state index contributed by atoms with van der Waals surface area (Å²) in [5.74, 6) is 0.597. The van der Waals surface area contributed by atoms with Crippen molar-refractivity contribution in [2.75, 3.05) is 39.8 Å². The normalized spacial score (nSPS) is 12.8. The third-order valence-electron chi connectivity index (χ3n) is 5.08. The maximum atomic E-state index is 12.9. The molecule has 0 atom stereocenters. The molecule has 1 heterocycles. The highest BCUT2D eigenvalue weighted by molar-refractivity contribution is 7.17. The van der Waals surface area contributed by atoms with E-state index in [-0.39, 0.29) is 11.8 Å². The number of amides is 2. The van der Waals surface area contributed by atoms with Crippen LogP contribution in [0.3, 0.4) is 0 Å². The van der Waals surface area contributed by atoms with Crippen molar-refractivity contribution in [3.8, 4) is 11.5 Å². The lowest BCUT2D eigenvalue weighted by molar-refractivity contribution is 0.0948. The highest BCUT2D eigenvalue weighted by Gasteiger charge is 2.26. The minimum absolute atomic E-state index is 0.145. The fourth-order valence-electron chi connectivity index (χ4n) is 3.55. The van der Waals surface area contributed by atoms with E-state index in [9.17, 15) is 9.59 Å². The SMILES string of the molecule is COCCCNC(=O)c1c(NC(=O)c2ccc(OC)c(OC)c2)sc2c1CCCC2. The van der Waals surface area contributed by atoms with Gasteiger partial charge in [-0.05, 0) is 55.9 Å². The molecule has 2 aromatic rings. The Morgan fingerprint density at radius 2 is 1.80 bits per heavy atom. The van der Waals surface area contributed by atoms with Crippen LogP contribution in [0.15, 0.2) is 18.2 Å². The van der Waals surface area contributed by atoms with Crippen LogP contribution in [0.4, 0.5) is 5.00 Å². The summed E-state index contributed by atoms with van der Waals surface area (Å²) in [6.07, 6.45) is 4.69. The van der Waals surface area contributed by atoms with Crippen LogP contribution in [0.25, 0.3) is 0 Å². The van der Waals surface area contributed by atoms with Crippen LogP contribution in [0.5, 0.6) is 11.5 Å². The topological polar surface area (TPSA) is 85.9 Å². The van der Waals surface area contributed by atoms with Crippen LogP contribution in [-0.2, 0) is 17.6 Å². The highest BCUT2D eigenvalue weighted by Crippen LogP contribution is 2.38. The lowest BCUT2D eigenvalue weighted by Gasteiger charge is -2.13. The number of ether oxygens (including phenoxy) is 3. The molecular weight excluding hydrogens is 404 g/mol.